The van der Waals surface area contributed by atoms with Crippen molar-refractivity contribution in [3.8, 4) is 11.1 Å². The molecule has 0 radical (unpaired) electrons. The molecule has 3 N–H and O–H groups in total. The van der Waals surface area contributed by atoms with Crippen LogP contribution in [0.2, 0.25) is 0 Å². The lowest BCUT2D eigenvalue weighted by atomic mass is 10.0. The van der Waals surface area contributed by atoms with Gasteiger partial charge in [0.2, 0.25) is 0 Å². The predicted octanol–water partition coefficient (Wildman–Crippen LogP) is 9.80. The Morgan fingerprint density at radius 1 is 0.409 bits per heavy atom. The molecule has 0 saturated carbocycles. The minimum atomic E-state index is -0.0760. The molecule has 2 aromatic heterocycles. The molecule has 8 aromatic rings. The van der Waals surface area contributed by atoms with E-state index in [9.17, 15) is 0 Å². The van der Waals surface area contributed by atoms with Crippen LogP contribution >= 0.6 is 11.3 Å². The highest BCUT2D eigenvalue weighted by atomic mass is 32.1. The zero-order valence-electron chi connectivity index (χ0n) is 23.8. The molecule has 0 spiro atoms. The quantitative estimate of drug-likeness (QED) is 0.192. The van der Waals surface area contributed by atoms with Crippen molar-refractivity contribution < 1.29 is 4.42 Å². The predicted molar refractivity (Wildman–Crippen MR) is 183 cm³/mol. The number of fused-ring (bicyclic) bond motifs is 6. The molecule has 5 heteroatoms. The fraction of sp³-hybridized carbons (Fsp3) is 0.0769. The van der Waals surface area contributed by atoms with Gasteiger partial charge in [0, 0.05) is 30.9 Å². The zero-order chi connectivity index (χ0) is 29.0. The Bertz CT molecular complexity index is 2240. The summed E-state index contributed by atoms with van der Waals surface area (Å²) in [7, 11) is 0. The van der Waals surface area contributed by atoms with Gasteiger partial charge in [-0.15, -0.1) is 11.3 Å². The van der Waals surface area contributed by atoms with E-state index in [0.29, 0.717) is 0 Å². The van der Waals surface area contributed by atoms with Crippen LogP contribution in [-0.2, 0) is 0 Å². The Labute approximate surface area is 259 Å². The summed E-state index contributed by atoms with van der Waals surface area (Å²) in [4.78, 5) is 0. The highest BCUT2D eigenvalue weighted by Crippen LogP contribution is 2.38. The number of furan rings is 1. The number of rotatable bonds is 4. The summed E-state index contributed by atoms with van der Waals surface area (Å²) in [5.74, 6) is 0. The van der Waals surface area contributed by atoms with Crippen LogP contribution in [0.3, 0.4) is 0 Å². The normalized spacial score (nSPS) is 18.9. The Kier molecular flexibility index (Phi) is 6.10. The zero-order valence-corrected chi connectivity index (χ0v) is 24.6. The van der Waals surface area contributed by atoms with Crippen molar-refractivity contribution in [2.24, 2.45) is 0 Å². The third kappa shape index (κ3) is 4.41. The van der Waals surface area contributed by atoms with Crippen LogP contribution in [0.15, 0.2) is 144 Å². The summed E-state index contributed by atoms with van der Waals surface area (Å²) in [6, 6.07) is 49.7. The molecule has 1 aliphatic heterocycles. The number of thiophene rings is 1. The summed E-state index contributed by atoms with van der Waals surface area (Å²) < 4.78 is 9.08. The summed E-state index contributed by atoms with van der Waals surface area (Å²) in [6.07, 6.45) is -0.104. The van der Waals surface area contributed by atoms with Crippen LogP contribution in [0.25, 0.3) is 53.2 Å². The van der Waals surface area contributed by atoms with Crippen LogP contribution in [0.4, 0.5) is 0 Å². The van der Waals surface area contributed by atoms with Gasteiger partial charge in [-0.1, -0.05) is 109 Å². The van der Waals surface area contributed by atoms with Crippen LogP contribution in [-0.4, -0.2) is 0 Å². The molecule has 1 fully saturated rings. The standard InChI is InChI=1S/C39H29N3OS/c1-3-9-24(10-4-1)37-40-38(25-11-5-2-6-12-25)42-39(41-37)28-16-18-29-32-21-26(17-20-33(32)43-34(29)22-28)27-15-19-31-30-13-7-8-14-35(30)44-36(31)23-27/h1-23,37-42H. The number of nitrogens with one attached hydrogen (secondary N) is 3. The molecule has 44 heavy (non-hydrogen) atoms. The first-order chi connectivity index (χ1) is 21.8. The molecule has 9 rings (SSSR count). The second kappa shape index (κ2) is 10.4. The highest BCUT2D eigenvalue weighted by Gasteiger charge is 2.29. The summed E-state index contributed by atoms with van der Waals surface area (Å²) >= 11 is 1.86. The van der Waals surface area contributed by atoms with Gasteiger partial charge < -0.3 is 4.42 Å². The second-order valence-corrected chi connectivity index (χ2v) is 12.6. The maximum atomic E-state index is 6.44. The monoisotopic (exact) mass is 587 g/mol. The van der Waals surface area contributed by atoms with Gasteiger partial charge in [0.25, 0.3) is 0 Å². The van der Waals surface area contributed by atoms with Crippen molar-refractivity contribution >= 4 is 53.4 Å². The largest absolute Gasteiger partial charge is 0.456 e. The first-order valence-electron chi connectivity index (χ1n) is 15.0. The van der Waals surface area contributed by atoms with Gasteiger partial charge in [0.05, 0.1) is 18.5 Å². The van der Waals surface area contributed by atoms with E-state index in [-0.39, 0.29) is 18.5 Å². The fourth-order valence-corrected chi connectivity index (χ4v) is 7.72. The third-order valence-corrected chi connectivity index (χ3v) is 9.94. The number of hydrogen-bond donors (Lipinski definition) is 3. The number of benzene rings is 6. The molecule has 1 saturated heterocycles. The van der Waals surface area contributed by atoms with Gasteiger partial charge in [-0.2, -0.15) is 0 Å². The van der Waals surface area contributed by atoms with Crippen molar-refractivity contribution in [1.29, 1.82) is 0 Å². The Hall–Kier alpha value is -4.78. The first kappa shape index (κ1) is 25.7. The smallest absolute Gasteiger partial charge is 0.135 e. The van der Waals surface area contributed by atoms with E-state index >= 15 is 0 Å². The lowest BCUT2D eigenvalue weighted by molar-refractivity contribution is 0.203. The lowest BCUT2D eigenvalue weighted by Gasteiger charge is -2.39. The van der Waals surface area contributed by atoms with Gasteiger partial charge >= 0.3 is 0 Å². The van der Waals surface area contributed by atoms with E-state index in [1.165, 1.54) is 42.4 Å². The average Bonchev–Trinajstić information content (AvgIpc) is 3.66. The van der Waals surface area contributed by atoms with Crippen LogP contribution < -0.4 is 16.0 Å². The van der Waals surface area contributed by atoms with Crippen molar-refractivity contribution in [1.82, 2.24) is 16.0 Å². The molecule has 0 aliphatic carbocycles. The minimum absolute atomic E-state index is 0.0140. The first-order valence-corrected chi connectivity index (χ1v) is 15.8. The molecule has 1 aliphatic rings. The molecule has 212 valence electrons. The average molecular weight is 588 g/mol. The van der Waals surface area contributed by atoms with Crippen LogP contribution in [0, 0.1) is 0 Å². The SMILES string of the molecule is c1ccc(C2NC(c3ccccc3)NC(c3ccc4c(c3)oc3ccc(-c5ccc6c(c5)sc5ccccc56)cc34)N2)cc1. The third-order valence-electron chi connectivity index (χ3n) is 8.81. The van der Waals surface area contributed by atoms with E-state index in [1.807, 2.05) is 11.3 Å². The van der Waals surface area contributed by atoms with Crippen LogP contribution in [0.5, 0.6) is 0 Å². The topological polar surface area (TPSA) is 49.2 Å². The number of hydrogen-bond acceptors (Lipinski definition) is 5. The maximum Gasteiger partial charge on any atom is 0.135 e. The molecule has 2 atom stereocenters. The summed E-state index contributed by atoms with van der Waals surface area (Å²) in [5.41, 5.74) is 7.75. The fourth-order valence-electron chi connectivity index (χ4n) is 6.57. The van der Waals surface area contributed by atoms with E-state index in [2.05, 4.69) is 155 Å². The van der Waals surface area contributed by atoms with Crippen molar-refractivity contribution in [2.75, 3.05) is 0 Å². The van der Waals surface area contributed by atoms with Crippen molar-refractivity contribution in [2.45, 2.75) is 18.5 Å². The minimum Gasteiger partial charge on any atom is -0.456 e. The molecule has 2 unspecified atom stereocenters. The molecule has 3 heterocycles. The molecular formula is C39H29N3OS. The van der Waals surface area contributed by atoms with Crippen molar-refractivity contribution in [3.63, 3.8) is 0 Å². The highest BCUT2D eigenvalue weighted by molar-refractivity contribution is 7.25. The summed E-state index contributed by atoms with van der Waals surface area (Å²) in [5, 5.41) is 16.2. The summed E-state index contributed by atoms with van der Waals surface area (Å²) in [6.45, 7) is 0. The van der Waals surface area contributed by atoms with E-state index in [1.54, 1.807) is 0 Å². The molecular weight excluding hydrogens is 559 g/mol. The van der Waals surface area contributed by atoms with E-state index < -0.39 is 0 Å². The van der Waals surface area contributed by atoms with E-state index in [0.717, 1.165) is 27.5 Å². The van der Waals surface area contributed by atoms with Crippen molar-refractivity contribution in [3.05, 3.63) is 156 Å². The van der Waals surface area contributed by atoms with Gasteiger partial charge in [-0.25, -0.2) is 0 Å². The lowest BCUT2D eigenvalue weighted by Crippen LogP contribution is -2.54. The van der Waals surface area contributed by atoms with Gasteiger partial charge in [0.1, 0.15) is 11.2 Å². The Morgan fingerprint density at radius 3 is 1.75 bits per heavy atom. The maximum absolute atomic E-state index is 6.44. The van der Waals surface area contributed by atoms with Gasteiger partial charge in [-0.05, 0) is 58.1 Å². The molecule has 0 bridgehead atoms. The molecule has 6 aromatic carbocycles. The molecule has 4 nitrogen and oxygen atoms in total. The Balaban J connectivity index is 1.08. The van der Waals surface area contributed by atoms with Crippen LogP contribution in [0.1, 0.15) is 35.2 Å². The second-order valence-electron chi connectivity index (χ2n) is 11.5. The molecule has 0 amide bonds. The van der Waals surface area contributed by atoms with E-state index in [4.69, 9.17) is 4.42 Å². The Morgan fingerprint density at radius 2 is 1.00 bits per heavy atom. The van der Waals surface area contributed by atoms with Gasteiger partial charge in [0.15, 0.2) is 0 Å². The van der Waals surface area contributed by atoms with Gasteiger partial charge in [-0.3, -0.25) is 16.0 Å².